The molecule has 0 radical (unpaired) electrons. The maximum atomic E-state index is 4.15. The van der Waals surface area contributed by atoms with Crippen molar-refractivity contribution in [2.45, 2.75) is 40.5 Å². The van der Waals surface area contributed by atoms with Gasteiger partial charge in [-0.1, -0.05) is 44.6 Å². The highest BCUT2D eigenvalue weighted by Gasteiger charge is 2.27. The second kappa shape index (κ2) is 3.08. The second-order valence-electron chi connectivity index (χ2n) is 4.45. The van der Waals surface area contributed by atoms with Gasteiger partial charge in [-0.25, -0.2) is 0 Å². The smallest absolute Gasteiger partial charge is 0.00264 e. The van der Waals surface area contributed by atoms with Crippen LogP contribution in [0.4, 0.5) is 0 Å². The first-order chi connectivity index (χ1) is 5.48. The van der Waals surface area contributed by atoms with Crippen molar-refractivity contribution in [3.63, 3.8) is 0 Å². The van der Waals surface area contributed by atoms with Crippen molar-refractivity contribution in [1.82, 2.24) is 0 Å². The van der Waals surface area contributed by atoms with Crippen molar-refractivity contribution < 1.29 is 0 Å². The fraction of sp³-hybridized carbons (Fsp3) is 0.667. The van der Waals surface area contributed by atoms with Gasteiger partial charge >= 0.3 is 0 Å². The van der Waals surface area contributed by atoms with Crippen LogP contribution in [0.15, 0.2) is 23.8 Å². The first-order valence-corrected chi connectivity index (χ1v) is 4.85. The summed E-state index contributed by atoms with van der Waals surface area (Å²) in [6.07, 6.45) is 4.82. The van der Waals surface area contributed by atoms with Crippen molar-refractivity contribution in [2.24, 2.45) is 11.3 Å². The molecule has 1 aliphatic rings. The lowest BCUT2D eigenvalue weighted by Crippen LogP contribution is -2.21. The van der Waals surface area contributed by atoms with Gasteiger partial charge in [0.05, 0.1) is 0 Å². The van der Waals surface area contributed by atoms with Gasteiger partial charge in [-0.05, 0) is 31.1 Å². The largest absolute Gasteiger partial charge is 0.0992 e. The molecule has 0 N–H and O–H groups in total. The van der Waals surface area contributed by atoms with Gasteiger partial charge in [-0.15, -0.1) is 0 Å². The Kier molecular flexibility index (Phi) is 2.46. The lowest BCUT2D eigenvalue weighted by Gasteiger charge is -2.34. The van der Waals surface area contributed by atoms with E-state index < -0.39 is 0 Å². The highest BCUT2D eigenvalue weighted by Crippen LogP contribution is 2.41. The van der Waals surface area contributed by atoms with E-state index in [1.807, 2.05) is 0 Å². The predicted molar refractivity (Wildman–Crippen MR) is 55.1 cm³/mol. The molecule has 0 amide bonds. The van der Waals surface area contributed by atoms with Crippen LogP contribution >= 0.6 is 0 Å². The van der Waals surface area contributed by atoms with Crippen LogP contribution in [0.1, 0.15) is 40.5 Å². The van der Waals surface area contributed by atoms with Gasteiger partial charge in [0.25, 0.3) is 0 Å². The lowest BCUT2D eigenvalue weighted by atomic mass is 9.71. The van der Waals surface area contributed by atoms with Gasteiger partial charge in [0.15, 0.2) is 0 Å². The van der Waals surface area contributed by atoms with E-state index in [0.29, 0.717) is 11.3 Å². The van der Waals surface area contributed by atoms with E-state index in [1.165, 1.54) is 24.0 Å². The van der Waals surface area contributed by atoms with Gasteiger partial charge in [0.2, 0.25) is 0 Å². The summed E-state index contributed by atoms with van der Waals surface area (Å²) >= 11 is 0. The lowest BCUT2D eigenvalue weighted by molar-refractivity contribution is 0.373. The Morgan fingerprint density at radius 3 is 2.67 bits per heavy atom. The zero-order valence-corrected chi connectivity index (χ0v) is 8.78. The average molecular weight is 164 g/mol. The van der Waals surface area contributed by atoms with Crippen molar-refractivity contribution in [3.8, 4) is 0 Å². The Hall–Kier alpha value is -0.520. The minimum atomic E-state index is 0.383. The molecule has 0 heteroatoms. The number of allylic oxidation sites excluding steroid dienone is 3. The molecule has 0 aromatic heterocycles. The molecule has 0 bridgehead atoms. The molecular weight excluding hydrogens is 144 g/mol. The van der Waals surface area contributed by atoms with Gasteiger partial charge in [0, 0.05) is 0 Å². The summed E-state index contributed by atoms with van der Waals surface area (Å²) in [6.45, 7) is 13.2. The number of hydrogen-bond donors (Lipinski definition) is 0. The van der Waals surface area contributed by atoms with Crippen LogP contribution in [0.5, 0.6) is 0 Å². The zero-order chi connectivity index (χ0) is 9.35. The predicted octanol–water partition coefficient (Wildman–Crippen LogP) is 3.95. The quantitative estimate of drug-likeness (QED) is 0.515. The number of hydrogen-bond acceptors (Lipinski definition) is 0. The van der Waals surface area contributed by atoms with Gasteiger partial charge in [-0.2, -0.15) is 0 Å². The van der Waals surface area contributed by atoms with Crippen molar-refractivity contribution >= 4 is 0 Å². The van der Waals surface area contributed by atoms with E-state index in [-0.39, 0.29) is 0 Å². The molecule has 0 aromatic rings. The molecule has 1 rings (SSSR count). The Balaban J connectivity index is 2.94. The van der Waals surface area contributed by atoms with E-state index in [9.17, 15) is 0 Å². The van der Waals surface area contributed by atoms with Crippen molar-refractivity contribution in [2.75, 3.05) is 0 Å². The Labute approximate surface area is 76.4 Å². The molecule has 1 aliphatic carbocycles. The molecule has 0 nitrogen and oxygen atoms in total. The maximum Gasteiger partial charge on any atom is -0.00264 e. The Bertz CT molecular complexity index is 222. The monoisotopic (exact) mass is 164 g/mol. The molecule has 2 unspecified atom stereocenters. The van der Waals surface area contributed by atoms with Crippen LogP contribution in [0.3, 0.4) is 0 Å². The summed E-state index contributed by atoms with van der Waals surface area (Å²) in [6, 6.07) is 0. The molecule has 0 saturated heterocycles. The van der Waals surface area contributed by atoms with Crippen molar-refractivity contribution in [1.29, 1.82) is 0 Å². The van der Waals surface area contributed by atoms with Crippen LogP contribution in [-0.4, -0.2) is 0 Å². The molecule has 2 atom stereocenters. The highest BCUT2D eigenvalue weighted by molar-refractivity contribution is 5.26. The fourth-order valence-corrected chi connectivity index (χ4v) is 1.95. The topological polar surface area (TPSA) is 0 Å². The van der Waals surface area contributed by atoms with E-state index >= 15 is 0 Å². The molecule has 0 spiro atoms. The van der Waals surface area contributed by atoms with Crippen LogP contribution in [-0.2, 0) is 0 Å². The van der Waals surface area contributed by atoms with Crippen LogP contribution in [0.2, 0.25) is 0 Å². The minimum absolute atomic E-state index is 0.383. The third kappa shape index (κ3) is 1.63. The Morgan fingerprint density at radius 2 is 2.25 bits per heavy atom. The first-order valence-electron chi connectivity index (χ1n) is 4.85. The standard InChI is InChI=1S/C12H20/c1-6-12(5)7-9(2)11(4)10(3)8-12/h8,11H,2,6-7H2,1,3-5H3. The third-order valence-corrected chi connectivity index (χ3v) is 3.31. The molecule has 68 valence electrons. The van der Waals surface area contributed by atoms with Crippen LogP contribution < -0.4 is 0 Å². The molecule has 0 fully saturated rings. The molecule has 0 saturated carbocycles. The van der Waals surface area contributed by atoms with E-state index in [1.54, 1.807) is 0 Å². The average Bonchev–Trinajstić information content (AvgIpc) is 2.00. The highest BCUT2D eigenvalue weighted by atomic mass is 14.3. The third-order valence-electron chi connectivity index (χ3n) is 3.31. The molecule has 0 heterocycles. The van der Waals surface area contributed by atoms with E-state index in [4.69, 9.17) is 0 Å². The van der Waals surface area contributed by atoms with Gasteiger partial charge in [0.1, 0.15) is 0 Å². The first kappa shape index (κ1) is 9.57. The minimum Gasteiger partial charge on any atom is -0.0992 e. The molecule has 12 heavy (non-hydrogen) atoms. The summed E-state index contributed by atoms with van der Waals surface area (Å²) in [5.74, 6) is 0.602. The summed E-state index contributed by atoms with van der Waals surface area (Å²) in [5.41, 5.74) is 3.28. The SMILES string of the molecule is C=C1CC(C)(CC)C=C(C)C1C. The number of rotatable bonds is 1. The summed E-state index contributed by atoms with van der Waals surface area (Å²) in [5, 5.41) is 0. The normalized spacial score (nSPS) is 36.5. The second-order valence-corrected chi connectivity index (χ2v) is 4.45. The van der Waals surface area contributed by atoms with Gasteiger partial charge < -0.3 is 0 Å². The molecule has 0 aromatic carbocycles. The van der Waals surface area contributed by atoms with Gasteiger partial charge in [-0.3, -0.25) is 0 Å². The molecule has 0 aliphatic heterocycles. The summed E-state index contributed by atoms with van der Waals surface area (Å²) in [4.78, 5) is 0. The van der Waals surface area contributed by atoms with Crippen LogP contribution in [0, 0.1) is 11.3 Å². The van der Waals surface area contributed by atoms with E-state index in [0.717, 1.165) is 0 Å². The summed E-state index contributed by atoms with van der Waals surface area (Å²) in [7, 11) is 0. The fourth-order valence-electron chi connectivity index (χ4n) is 1.95. The maximum absolute atomic E-state index is 4.15. The van der Waals surface area contributed by atoms with E-state index in [2.05, 4.69) is 40.3 Å². The zero-order valence-electron chi connectivity index (χ0n) is 8.78. The van der Waals surface area contributed by atoms with Crippen molar-refractivity contribution in [3.05, 3.63) is 23.8 Å². The molecular formula is C12H20. The summed E-state index contributed by atoms with van der Waals surface area (Å²) < 4.78 is 0. The Morgan fingerprint density at radius 1 is 1.67 bits per heavy atom. The van der Waals surface area contributed by atoms with Crippen LogP contribution in [0.25, 0.3) is 0 Å².